The smallest absolute Gasteiger partial charge is 0.0577 e. The van der Waals surface area contributed by atoms with Crippen LogP contribution in [0.25, 0.3) is 0 Å². The molecule has 4 aliphatic rings. The SMILES string of the molecule is CC(CCC[C@@H](C)[C@H]1CC[C@H]2[C@@H]3CC=C4C[C@@H](O)CC[C@]4(C)[C@H]3CC[C@]12C)CCCN(C)C. The van der Waals surface area contributed by atoms with E-state index in [9.17, 15) is 5.11 Å². The van der Waals surface area contributed by atoms with Crippen molar-refractivity contribution in [1.29, 1.82) is 0 Å². The van der Waals surface area contributed by atoms with Crippen molar-refractivity contribution in [3.05, 3.63) is 11.6 Å². The average molecular weight is 458 g/mol. The number of hydrogen-bond donors (Lipinski definition) is 1. The van der Waals surface area contributed by atoms with Crippen molar-refractivity contribution in [2.24, 2.45) is 46.3 Å². The molecule has 0 aromatic carbocycles. The van der Waals surface area contributed by atoms with Crippen molar-refractivity contribution < 1.29 is 5.11 Å². The highest BCUT2D eigenvalue weighted by Gasteiger charge is 2.59. The second kappa shape index (κ2) is 10.3. The summed E-state index contributed by atoms with van der Waals surface area (Å²) in [6.45, 7) is 11.6. The molecule has 3 saturated carbocycles. The van der Waals surface area contributed by atoms with Crippen LogP contribution in [0.4, 0.5) is 0 Å². The van der Waals surface area contributed by atoms with Crippen LogP contribution in [0, 0.1) is 46.3 Å². The fraction of sp³-hybridized carbons (Fsp3) is 0.935. The fourth-order valence-electron chi connectivity index (χ4n) is 9.51. The Labute approximate surface area is 206 Å². The van der Waals surface area contributed by atoms with Gasteiger partial charge in [0.15, 0.2) is 0 Å². The number of fused-ring (bicyclic) bond motifs is 5. The van der Waals surface area contributed by atoms with Crippen LogP contribution in [0.1, 0.15) is 111 Å². The molecule has 0 aromatic heterocycles. The molecule has 190 valence electrons. The summed E-state index contributed by atoms with van der Waals surface area (Å²) in [5.41, 5.74) is 2.58. The summed E-state index contributed by atoms with van der Waals surface area (Å²) in [5, 5.41) is 10.3. The summed E-state index contributed by atoms with van der Waals surface area (Å²) < 4.78 is 0. The number of aliphatic hydroxyl groups is 1. The lowest BCUT2D eigenvalue weighted by molar-refractivity contribution is -0.0573. The second-order valence-corrected chi connectivity index (χ2v) is 13.8. The molecule has 9 atom stereocenters. The minimum atomic E-state index is -0.0813. The Morgan fingerprint density at radius 2 is 1.73 bits per heavy atom. The number of allylic oxidation sites excluding steroid dienone is 1. The minimum Gasteiger partial charge on any atom is -0.393 e. The highest BCUT2D eigenvalue weighted by molar-refractivity contribution is 5.25. The van der Waals surface area contributed by atoms with Gasteiger partial charge in [0.1, 0.15) is 0 Å². The monoisotopic (exact) mass is 457 g/mol. The second-order valence-electron chi connectivity index (χ2n) is 13.8. The van der Waals surface area contributed by atoms with E-state index < -0.39 is 0 Å². The molecule has 1 unspecified atom stereocenters. The van der Waals surface area contributed by atoms with Gasteiger partial charge < -0.3 is 10.0 Å². The molecular formula is C31H55NO. The van der Waals surface area contributed by atoms with Crippen LogP contribution in [-0.4, -0.2) is 36.8 Å². The van der Waals surface area contributed by atoms with Crippen LogP contribution >= 0.6 is 0 Å². The van der Waals surface area contributed by atoms with Gasteiger partial charge in [-0.2, -0.15) is 0 Å². The molecule has 0 radical (unpaired) electrons. The molecular weight excluding hydrogens is 402 g/mol. The molecule has 0 bridgehead atoms. The summed E-state index contributed by atoms with van der Waals surface area (Å²) in [7, 11) is 4.38. The molecule has 0 amide bonds. The Balaban J connectivity index is 1.33. The highest BCUT2D eigenvalue weighted by atomic mass is 16.3. The Morgan fingerprint density at radius 1 is 0.970 bits per heavy atom. The van der Waals surface area contributed by atoms with Crippen molar-refractivity contribution in [1.82, 2.24) is 4.90 Å². The van der Waals surface area contributed by atoms with E-state index in [2.05, 4.69) is 52.8 Å². The molecule has 3 fully saturated rings. The zero-order chi connectivity index (χ0) is 23.8. The van der Waals surface area contributed by atoms with Crippen molar-refractivity contribution >= 4 is 0 Å². The van der Waals surface area contributed by atoms with E-state index >= 15 is 0 Å². The molecule has 2 heteroatoms. The highest BCUT2D eigenvalue weighted by Crippen LogP contribution is 2.67. The minimum absolute atomic E-state index is 0.0813. The van der Waals surface area contributed by atoms with Crippen LogP contribution in [0.15, 0.2) is 11.6 Å². The van der Waals surface area contributed by atoms with Gasteiger partial charge in [0, 0.05) is 0 Å². The predicted octanol–water partition coefficient (Wildman–Crippen LogP) is 7.71. The molecule has 0 aromatic rings. The fourth-order valence-corrected chi connectivity index (χ4v) is 9.51. The number of rotatable bonds is 9. The molecule has 2 nitrogen and oxygen atoms in total. The lowest BCUT2D eigenvalue weighted by Crippen LogP contribution is -2.50. The third kappa shape index (κ3) is 5.13. The van der Waals surface area contributed by atoms with Gasteiger partial charge in [0.05, 0.1) is 6.10 Å². The van der Waals surface area contributed by atoms with Gasteiger partial charge in [-0.3, -0.25) is 0 Å². The summed E-state index contributed by atoms with van der Waals surface area (Å²) >= 11 is 0. The van der Waals surface area contributed by atoms with E-state index in [1.165, 1.54) is 77.2 Å². The first-order valence-electron chi connectivity index (χ1n) is 14.7. The Hall–Kier alpha value is -0.340. The quantitative estimate of drug-likeness (QED) is 0.358. The Morgan fingerprint density at radius 3 is 2.48 bits per heavy atom. The maximum absolute atomic E-state index is 10.3. The molecule has 0 saturated heterocycles. The number of aliphatic hydroxyl groups excluding tert-OH is 1. The van der Waals surface area contributed by atoms with Gasteiger partial charge in [-0.25, -0.2) is 0 Å². The molecule has 0 spiro atoms. The standard InChI is InChI=1S/C31H55NO/c1-22(10-8-20-32(5)6)9-7-11-23(2)27-14-15-28-26-13-12-24-21-25(33)16-18-30(24,3)29(26)17-19-31(27,28)4/h12,22-23,25-29,33H,7-11,13-21H2,1-6H3/t22?,23-,25+,26+,27-,28+,29+,30+,31-/m1/s1. The molecule has 0 heterocycles. The predicted molar refractivity (Wildman–Crippen MR) is 141 cm³/mol. The first kappa shape index (κ1) is 25.7. The van der Waals surface area contributed by atoms with Gasteiger partial charge >= 0.3 is 0 Å². The molecule has 0 aliphatic heterocycles. The van der Waals surface area contributed by atoms with E-state index in [-0.39, 0.29) is 6.10 Å². The average Bonchev–Trinajstić information content (AvgIpc) is 3.11. The van der Waals surface area contributed by atoms with Crippen molar-refractivity contribution in [3.63, 3.8) is 0 Å². The third-order valence-electron chi connectivity index (χ3n) is 11.5. The van der Waals surface area contributed by atoms with Crippen LogP contribution in [-0.2, 0) is 0 Å². The van der Waals surface area contributed by atoms with Gasteiger partial charge in [0.25, 0.3) is 0 Å². The van der Waals surface area contributed by atoms with E-state index in [1.807, 2.05) is 0 Å². The van der Waals surface area contributed by atoms with Crippen LogP contribution < -0.4 is 0 Å². The van der Waals surface area contributed by atoms with E-state index in [0.717, 1.165) is 48.3 Å². The maximum Gasteiger partial charge on any atom is 0.0577 e. The first-order chi connectivity index (χ1) is 15.6. The number of nitrogens with zero attached hydrogens (tertiary/aromatic N) is 1. The molecule has 4 rings (SSSR count). The summed E-state index contributed by atoms with van der Waals surface area (Å²) in [4.78, 5) is 2.32. The first-order valence-corrected chi connectivity index (χ1v) is 14.7. The Kier molecular flexibility index (Phi) is 8.06. The lowest BCUT2D eigenvalue weighted by atomic mass is 9.47. The van der Waals surface area contributed by atoms with Gasteiger partial charge in [0.2, 0.25) is 0 Å². The van der Waals surface area contributed by atoms with Crippen LogP contribution in [0.3, 0.4) is 0 Å². The molecule has 33 heavy (non-hydrogen) atoms. The van der Waals surface area contributed by atoms with Crippen LogP contribution in [0.2, 0.25) is 0 Å². The van der Waals surface area contributed by atoms with Crippen LogP contribution in [0.5, 0.6) is 0 Å². The topological polar surface area (TPSA) is 23.5 Å². The van der Waals surface area contributed by atoms with E-state index in [1.54, 1.807) is 5.57 Å². The third-order valence-corrected chi connectivity index (χ3v) is 11.5. The summed E-state index contributed by atoms with van der Waals surface area (Å²) in [6.07, 6.45) is 19.9. The number of hydrogen-bond acceptors (Lipinski definition) is 2. The summed E-state index contributed by atoms with van der Waals surface area (Å²) in [5.74, 6) is 5.44. The van der Waals surface area contributed by atoms with Gasteiger partial charge in [-0.05, 0) is 131 Å². The zero-order valence-electron chi connectivity index (χ0n) is 22.9. The zero-order valence-corrected chi connectivity index (χ0v) is 22.9. The van der Waals surface area contributed by atoms with E-state index in [0.29, 0.717) is 10.8 Å². The maximum atomic E-state index is 10.3. The normalized spacial score (nSPS) is 42.3. The van der Waals surface area contributed by atoms with Gasteiger partial charge in [-0.15, -0.1) is 0 Å². The van der Waals surface area contributed by atoms with Crippen molar-refractivity contribution in [3.8, 4) is 0 Å². The largest absolute Gasteiger partial charge is 0.393 e. The van der Waals surface area contributed by atoms with Gasteiger partial charge in [-0.1, -0.05) is 58.6 Å². The molecule has 4 aliphatic carbocycles. The lowest BCUT2D eigenvalue weighted by Gasteiger charge is -2.58. The summed E-state index contributed by atoms with van der Waals surface area (Å²) in [6, 6.07) is 0. The van der Waals surface area contributed by atoms with E-state index in [4.69, 9.17) is 0 Å². The Bertz CT molecular complexity index is 684. The van der Waals surface area contributed by atoms with Crippen molar-refractivity contribution in [2.75, 3.05) is 20.6 Å². The molecule has 1 N–H and O–H groups in total. The van der Waals surface area contributed by atoms with Crippen molar-refractivity contribution in [2.45, 2.75) is 117 Å².